The molecule has 0 aromatic rings. The third-order valence-electron chi connectivity index (χ3n) is 3.62. The van der Waals surface area contributed by atoms with Crippen LogP contribution in [0.4, 0.5) is 0 Å². The molecular weight excluding hydrogens is 158 g/mol. The molecule has 0 radical (unpaired) electrons. The van der Waals surface area contributed by atoms with Crippen molar-refractivity contribution >= 4 is 0 Å². The summed E-state index contributed by atoms with van der Waals surface area (Å²) in [6.07, 6.45) is 6.90. The van der Waals surface area contributed by atoms with E-state index in [2.05, 4.69) is 25.7 Å². The molecule has 1 fully saturated rings. The van der Waals surface area contributed by atoms with Crippen LogP contribution in [0, 0.1) is 5.92 Å². The average molecular weight is 183 g/mol. The van der Waals surface area contributed by atoms with E-state index in [1.54, 1.807) is 0 Å². The summed E-state index contributed by atoms with van der Waals surface area (Å²) in [6, 6.07) is 0.873. The van der Waals surface area contributed by atoms with Crippen LogP contribution < -0.4 is 0 Å². The van der Waals surface area contributed by atoms with Crippen molar-refractivity contribution in [1.82, 2.24) is 4.90 Å². The van der Waals surface area contributed by atoms with Crippen molar-refractivity contribution in [3.05, 3.63) is 0 Å². The molecule has 0 bridgehead atoms. The molecule has 1 atom stereocenters. The topological polar surface area (TPSA) is 3.24 Å². The minimum absolute atomic E-state index is 0.873. The average Bonchev–Trinajstić information content (AvgIpc) is 2.66. The Hall–Kier alpha value is -0.0400. The second-order valence-corrected chi connectivity index (χ2v) is 4.30. The van der Waals surface area contributed by atoms with Crippen LogP contribution in [0.25, 0.3) is 0 Å². The second-order valence-electron chi connectivity index (χ2n) is 4.30. The van der Waals surface area contributed by atoms with E-state index in [0.29, 0.717) is 0 Å². The molecule has 0 aromatic heterocycles. The van der Waals surface area contributed by atoms with Gasteiger partial charge >= 0.3 is 0 Å². The SMILES string of the molecule is CCC(CC)C(CC)N1CCCC1. The van der Waals surface area contributed by atoms with Gasteiger partial charge in [-0.3, -0.25) is 0 Å². The van der Waals surface area contributed by atoms with Gasteiger partial charge in [-0.25, -0.2) is 0 Å². The lowest BCUT2D eigenvalue weighted by Crippen LogP contribution is -2.37. The summed E-state index contributed by atoms with van der Waals surface area (Å²) < 4.78 is 0. The van der Waals surface area contributed by atoms with Gasteiger partial charge in [0.1, 0.15) is 0 Å². The summed E-state index contributed by atoms with van der Waals surface area (Å²) in [5.41, 5.74) is 0. The summed E-state index contributed by atoms with van der Waals surface area (Å²) in [5, 5.41) is 0. The van der Waals surface area contributed by atoms with E-state index in [1.807, 2.05) is 0 Å². The first-order chi connectivity index (χ1) is 6.33. The predicted molar refractivity (Wildman–Crippen MR) is 59.0 cm³/mol. The van der Waals surface area contributed by atoms with Gasteiger partial charge in [-0.05, 0) is 38.3 Å². The molecule has 1 aliphatic heterocycles. The Bertz CT molecular complexity index is 121. The Kier molecular flexibility index (Phi) is 4.79. The lowest BCUT2D eigenvalue weighted by Gasteiger charge is -2.32. The molecule has 78 valence electrons. The largest absolute Gasteiger partial charge is 0.300 e. The zero-order valence-electron chi connectivity index (χ0n) is 9.55. The second kappa shape index (κ2) is 5.64. The lowest BCUT2D eigenvalue weighted by molar-refractivity contribution is 0.160. The maximum absolute atomic E-state index is 2.72. The number of hydrogen-bond acceptors (Lipinski definition) is 1. The van der Waals surface area contributed by atoms with Gasteiger partial charge in [-0.1, -0.05) is 33.6 Å². The van der Waals surface area contributed by atoms with E-state index in [4.69, 9.17) is 0 Å². The highest BCUT2D eigenvalue weighted by molar-refractivity contribution is 4.80. The van der Waals surface area contributed by atoms with Gasteiger partial charge in [0.2, 0.25) is 0 Å². The Labute approximate surface area is 83.5 Å². The highest BCUT2D eigenvalue weighted by Gasteiger charge is 2.25. The Balaban J connectivity index is 2.48. The van der Waals surface area contributed by atoms with Gasteiger partial charge in [0, 0.05) is 6.04 Å². The molecule has 0 amide bonds. The third kappa shape index (κ3) is 2.70. The van der Waals surface area contributed by atoms with Gasteiger partial charge in [-0.2, -0.15) is 0 Å². The predicted octanol–water partition coefficient (Wildman–Crippen LogP) is 3.30. The standard InChI is InChI=1S/C12H25N/c1-4-11(5-2)12(6-3)13-9-7-8-10-13/h11-12H,4-10H2,1-3H3. The van der Waals surface area contributed by atoms with Crippen LogP contribution in [0.5, 0.6) is 0 Å². The Morgan fingerprint density at radius 2 is 1.46 bits per heavy atom. The maximum Gasteiger partial charge on any atom is 0.0121 e. The van der Waals surface area contributed by atoms with Crippen LogP contribution in [0.15, 0.2) is 0 Å². The molecule has 0 spiro atoms. The summed E-state index contributed by atoms with van der Waals surface area (Å²) in [6.45, 7) is 9.74. The molecule has 1 heterocycles. The zero-order valence-corrected chi connectivity index (χ0v) is 9.55. The van der Waals surface area contributed by atoms with Crippen molar-refractivity contribution in [1.29, 1.82) is 0 Å². The number of likely N-dealkylation sites (tertiary alicyclic amines) is 1. The van der Waals surface area contributed by atoms with E-state index >= 15 is 0 Å². The van der Waals surface area contributed by atoms with Crippen LogP contribution in [-0.2, 0) is 0 Å². The third-order valence-corrected chi connectivity index (χ3v) is 3.62. The quantitative estimate of drug-likeness (QED) is 0.632. The van der Waals surface area contributed by atoms with Gasteiger partial charge in [0.05, 0.1) is 0 Å². The molecule has 0 N–H and O–H groups in total. The fourth-order valence-electron chi connectivity index (χ4n) is 2.80. The van der Waals surface area contributed by atoms with E-state index in [1.165, 1.54) is 45.2 Å². The van der Waals surface area contributed by atoms with Crippen LogP contribution in [0.1, 0.15) is 52.9 Å². The van der Waals surface area contributed by atoms with Crippen molar-refractivity contribution in [2.75, 3.05) is 13.1 Å². The molecule has 0 aliphatic carbocycles. The minimum Gasteiger partial charge on any atom is -0.300 e. The molecule has 1 saturated heterocycles. The van der Waals surface area contributed by atoms with E-state index in [9.17, 15) is 0 Å². The van der Waals surface area contributed by atoms with Crippen LogP contribution in [0.3, 0.4) is 0 Å². The summed E-state index contributed by atoms with van der Waals surface area (Å²) in [7, 11) is 0. The highest BCUT2D eigenvalue weighted by Crippen LogP contribution is 2.24. The Morgan fingerprint density at radius 1 is 0.923 bits per heavy atom. The summed E-state index contributed by atoms with van der Waals surface area (Å²) in [5.74, 6) is 0.933. The number of hydrogen-bond donors (Lipinski definition) is 0. The van der Waals surface area contributed by atoms with Crippen molar-refractivity contribution in [2.45, 2.75) is 58.9 Å². The van der Waals surface area contributed by atoms with Crippen molar-refractivity contribution in [2.24, 2.45) is 5.92 Å². The number of rotatable bonds is 5. The molecule has 0 aromatic carbocycles. The normalized spacial score (nSPS) is 21.2. The van der Waals surface area contributed by atoms with Crippen LogP contribution in [-0.4, -0.2) is 24.0 Å². The highest BCUT2D eigenvalue weighted by atomic mass is 15.2. The summed E-state index contributed by atoms with van der Waals surface area (Å²) >= 11 is 0. The monoisotopic (exact) mass is 183 g/mol. The Morgan fingerprint density at radius 3 is 1.85 bits per heavy atom. The van der Waals surface area contributed by atoms with Crippen LogP contribution in [0.2, 0.25) is 0 Å². The van der Waals surface area contributed by atoms with Crippen LogP contribution >= 0.6 is 0 Å². The van der Waals surface area contributed by atoms with Gasteiger partial charge in [-0.15, -0.1) is 0 Å². The molecule has 1 aliphatic rings. The molecular formula is C12H25N. The van der Waals surface area contributed by atoms with Gasteiger partial charge < -0.3 is 4.90 Å². The van der Waals surface area contributed by atoms with Crippen molar-refractivity contribution in [3.8, 4) is 0 Å². The fourth-order valence-corrected chi connectivity index (χ4v) is 2.80. The van der Waals surface area contributed by atoms with E-state index < -0.39 is 0 Å². The lowest BCUT2D eigenvalue weighted by atomic mass is 9.91. The molecule has 1 unspecified atom stereocenters. The van der Waals surface area contributed by atoms with E-state index in [-0.39, 0.29) is 0 Å². The van der Waals surface area contributed by atoms with Gasteiger partial charge in [0.25, 0.3) is 0 Å². The maximum atomic E-state index is 2.72. The number of nitrogens with zero attached hydrogens (tertiary/aromatic N) is 1. The van der Waals surface area contributed by atoms with Gasteiger partial charge in [0.15, 0.2) is 0 Å². The minimum atomic E-state index is 0.873. The first-order valence-electron chi connectivity index (χ1n) is 6.07. The zero-order chi connectivity index (χ0) is 9.68. The van der Waals surface area contributed by atoms with Crippen molar-refractivity contribution < 1.29 is 0 Å². The molecule has 1 nitrogen and oxygen atoms in total. The van der Waals surface area contributed by atoms with Crippen molar-refractivity contribution in [3.63, 3.8) is 0 Å². The molecule has 1 heteroatoms. The smallest absolute Gasteiger partial charge is 0.0121 e. The summed E-state index contributed by atoms with van der Waals surface area (Å²) in [4.78, 5) is 2.72. The van der Waals surface area contributed by atoms with E-state index in [0.717, 1.165) is 12.0 Å². The molecule has 13 heavy (non-hydrogen) atoms. The first-order valence-corrected chi connectivity index (χ1v) is 6.07. The molecule has 0 saturated carbocycles. The fraction of sp³-hybridized carbons (Fsp3) is 1.00. The first kappa shape index (κ1) is 11.0. The molecule has 1 rings (SSSR count).